The van der Waals surface area contributed by atoms with E-state index in [2.05, 4.69) is 19.2 Å². The van der Waals surface area contributed by atoms with Crippen molar-refractivity contribution in [2.45, 2.75) is 360 Å². The fraction of sp³-hybridized carbons (Fsp3) is 0.983. The molecule has 0 aliphatic rings. The number of hydrogen-bond acceptors (Lipinski definition) is 4. The van der Waals surface area contributed by atoms with E-state index in [1.807, 2.05) is 0 Å². The normalized spacial score (nSPS) is 13.2. The van der Waals surface area contributed by atoms with Gasteiger partial charge in [-0.1, -0.05) is 328 Å². The van der Waals surface area contributed by atoms with E-state index in [1.165, 1.54) is 283 Å². The summed E-state index contributed by atoms with van der Waals surface area (Å²) in [5.74, 6) is -0.461. The van der Waals surface area contributed by atoms with Gasteiger partial charge in [-0.25, -0.2) is 0 Å². The lowest BCUT2D eigenvalue weighted by atomic mass is 10.0. The molecule has 0 spiro atoms. The molecule has 0 aromatic carbocycles. The quantitative estimate of drug-likeness (QED) is 0.0458. The molecular weight excluding hydrogens is 775 g/mol. The number of hydrogen-bond donors (Lipinski definition) is 4. The van der Waals surface area contributed by atoms with E-state index in [4.69, 9.17) is 0 Å². The van der Waals surface area contributed by atoms with Crippen molar-refractivity contribution >= 4 is 5.91 Å². The molecular formula is C58H117NO4. The molecule has 4 N–H and O–H groups in total. The highest BCUT2D eigenvalue weighted by Crippen LogP contribution is 2.19. The molecule has 0 saturated carbocycles. The van der Waals surface area contributed by atoms with Gasteiger partial charge in [0, 0.05) is 0 Å². The highest BCUT2D eigenvalue weighted by molar-refractivity contribution is 5.80. The highest BCUT2D eigenvalue weighted by Gasteiger charge is 2.23. The third-order valence-corrected chi connectivity index (χ3v) is 14.2. The minimum atomic E-state index is -1.07. The Morgan fingerprint density at radius 2 is 0.508 bits per heavy atom. The van der Waals surface area contributed by atoms with E-state index in [9.17, 15) is 20.1 Å². The number of carbonyl (C=O) groups is 1. The summed E-state index contributed by atoms with van der Waals surface area (Å²) in [4.78, 5) is 12.6. The largest absolute Gasteiger partial charge is 0.394 e. The van der Waals surface area contributed by atoms with Crippen LogP contribution in [0.3, 0.4) is 0 Å². The Balaban J connectivity index is 3.48. The zero-order valence-corrected chi connectivity index (χ0v) is 43.3. The predicted octanol–water partition coefficient (Wildman–Crippen LogP) is 18.1. The molecule has 0 aliphatic heterocycles. The van der Waals surface area contributed by atoms with E-state index in [1.54, 1.807) is 0 Å². The van der Waals surface area contributed by atoms with Crippen molar-refractivity contribution in [1.82, 2.24) is 5.32 Å². The monoisotopic (exact) mass is 892 g/mol. The summed E-state index contributed by atoms with van der Waals surface area (Å²) in [6.45, 7) is 4.28. The van der Waals surface area contributed by atoms with Crippen LogP contribution in [0.1, 0.15) is 341 Å². The minimum absolute atomic E-state index is 0.307. The third-order valence-electron chi connectivity index (χ3n) is 14.2. The fourth-order valence-electron chi connectivity index (χ4n) is 9.67. The van der Waals surface area contributed by atoms with Crippen molar-refractivity contribution < 1.29 is 20.1 Å². The Morgan fingerprint density at radius 3 is 0.714 bits per heavy atom. The molecule has 5 heteroatoms. The maximum absolute atomic E-state index is 12.6. The number of nitrogens with one attached hydrogen (secondary N) is 1. The van der Waals surface area contributed by atoms with Crippen LogP contribution < -0.4 is 5.32 Å². The first-order valence-electron chi connectivity index (χ1n) is 29.3. The van der Waals surface area contributed by atoms with E-state index in [0.717, 1.165) is 32.1 Å². The molecule has 1 amide bonds. The summed E-state index contributed by atoms with van der Waals surface area (Å²) >= 11 is 0. The van der Waals surface area contributed by atoms with Gasteiger partial charge in [0.25, 0.3) is 0 Å². The van der Waals surface area contributed by atoms with Crippen LogP contribution in [0.4, 0.5) is 0 Å². The van der Waals surface area contributed by atoms with Crippen LogP contribution in [0, 0.1) is 0 Å². The first-order chi connectivity index (χ1) is 31.1. The van der Waals surface area contributed by atoms with Crippen molar-refractivity contribution in [3.05, 3.63) is 0 Å². The van der Waals surface area contributed by atoms with Crippen molar-refractivity contribution in [2.75, 3.05) is 6.61 Å². The van der Waals surface area contributed by atoms with Crippen LogP contribution in [0.25, 0.3) is 0 Å². The van der Waals surface area contributed by atoms with Crippen molar-refractivity contribution in [2.24, 2.45) is 0 Å². The van der Waals surface area contributed by atoms with E-state index in [-0.39, 0.29) is 6.61 Å². The number of amides is 1. The Morgan fingerprint density at radius 1 is 0.317 bits per heavy atom. The summed E-state index contributed by atoms with van der Waals surface area (Å²) in [6, 6.07) is -0.708. The topological polar surface area (TPSA) is 89.8 Å². The molecule has 378 valence electrons. The Labute approximate surface area is 396 Å². The third kappa shape index (κ3) is 49.1. The second-order valence-corrected chi connectivity index (χ2v) is 20.6. The lowest BCUT2D eigenvalue weighted by Crippen LogP contribution is -2.49. The van der Waals surface area contributed by atoms with Gasteiger partial charge in [-0.2, -0.15) is 0 Å². The van der Waals surface area contributed by atoms with Crippen LogP contribution in [-0.4, -0.2) is 46.1 Å². The summed E-state index contributed by atoms with van der Waals surface area (Å²) < 4.78 is 0. The number of aliphatic hydroxyl groups excluding tert-OH is 3. The summed E-state index contributed by atoms with van der Waals surface area (Å²) in [5.41, 5.74) is 0. The molecule has 3 unspecified atom stereocenters. The molecule has 0 fully saturated rings. The second kappa shape index (κ2) is 54.0. The zero-order chi connectivity index (χ0) is 45.8. The van der Waals surface area contributed by atoms with Crippen LogP contribution >= 0.6 is 0 Å². The molecule has 5 nitrogen and oxygen atoms in total. The molecule has 0 bridgehead atoms. The molecule has 0 aromatic rings. The molecule has 0 saturated heterocycles. The number of unbranched alkanes of at least 4 members (excludes halogenated alkanes) is 47. The van der Waals surface area contributed by atoms with Gasteiger partial charge in [-0.15, -0.1) is 0 Å². The van der Waals surface area contributed by atoms with Gasteiger partial charge in [0.2, 0.25) is 5.91 Å². The summed E-state index contributed by atoms with van der Waals surface area (Å²) in [5, 5.41) is 33.6. The molecule has 63 heavy (non-hydrogen) atoms. The van der Waals surface area contributed by atoms with Gasteiger partial charge in [-0.05, 0) is 12.8 Å². The lowest BCUT2D eigenvalue weighted by Gasteiger charge is -2.23. The summed E-state index contributed by atoms with van der Waals surface area (Å²) in [7, 11) is 0. The standard InChI is InChI=1S/C58H117NO4/c1-3-5-7-9-11-13-15-17-19-21-23-25-27-29-31-33-35-37-39-41-43-45-47-49-51-53-57(62)58(63)59-55(54-60)56(61)52-50-48-46-44-42-40-38-36-34-32-30-28-26-24-22-20-18-16-14-12-10-8-6-4-2/h55-57,60-62H,3-54H2,1-2H3,(H,59,63). The Hall–Kier alpha value is -0.650. The van der Waals surface area contributed by atoms with E-state index >= 15 is 0 Å². The first kappa shape index (κ1) is 62.4. The maximum atomic E-state index is 12.6. The molecule has 0 rings (SSSR count). The predicted molar refractivity (Wildman–Crippen MR) is 278 cm³/mol. The van der Waals surface area contributed by atoms with Crippen LogP contribution in [0.2, 0.25) is 0 Å². The van der Waals surface area contributed by atoms with Gasteiger partial charge in [0.15, 0.2) is 0 Å². The Kier molecular flexibility index (Phi) is 53.4. The van der Waals surface area contributed by atoms with Gasteiger partial charge in [-0.3, -0.25) is 4.79 Å². The second-order valence-electron chi connectivity index (χ2n) is 20.6. The van der Waals surface area contributed by atoms with E-state index < -0.39 is 24.2 Å². The van der Waals surface area contributed by atoms with Gasteiger partial charge < -0.3 is 20.6 Å². The average Bonchev–Trinajstić information content (AvgIpc) is 3.29. The van der Waals surface area contributed by atoms with Crippen molar-refractivity contribution in [3.63, 3.8) is 0 Å². The SMILES string of the molecule is CCCCCCCCCCCCCCCCCCCCCCCCCCCC(O)C(=O)NC(CO)C(O)CCCCCCCCCCCCCCCCCCCCCCCCCC. The van der Waals surface area contributed by atoms with Gasteiger partial charge >= 0.3 is 0 Å². The van der Waals surface area contributed by atoms with Gasteiger partial charge in [0.05, 0.1) is 18.8 Å². The molecule has 0 aromatic heterocycles. The van der Waals surface area contributed by atoms with Crippen LogP contribution in [0.5, 0.6) is 0 Å². The zero-order valence-electron chi connectivity index (χ0n) is 43.3. The van der Waals surface area contributed by atoms with Gasteiger partial charge in [0.1, 0.15) is 6.10 Å². The van der Waals surface area contributed by atoms with E-state index in [0.29, 0.717) is 12.8 Å². The minimum Gasteiger partial charge on any atom is -0.394 e. The smallest absolute Gasteiger partial charge is 0.249 e. The summed E-state index contributed by atoms with van der Waals surface area (Å²) in [6.07, 6.45) is 65.9. The number of carbonyl (C=O) groups excluding carboxylic acids is 1. The molecule has 3 atom stereocenters. The number of rotatable bonds is 55. The highest BCUT2D eigenvalue weighted by atomic mass is 16.3. The number of aliphatic hydroxyl groups is 3. The van der Waals surface area contributed by atoms with Crippen LogP contribution in [0.15, 0.2) is 0 Å². The fourth-order valence-corrected chi connectivity index (χ4v) is 9.67. The molecule has 0 radical (unpaired) electrons. The molecule has 0 heterocycles. The van der Waals surface area contributed by atoms with Crippen molar-refractivity contribution in [1.29, 1.82) is 0 Å². The van der Waals surface area contributed by atoms with Crippen molar-refractivity contribution in [3.8, 4) is 0 Å². The average molecular weight is 893 g/mol. The molecule has 0 aliphatic carbocycles. The Bertz CT molecular complexity index is 853. The first-order valence-corrected chi connectivity index (χ1v) is 29.3. The maximum Gasteiger partial charge on any atom is 0.249 e. The van der Waals surface area contributed by atoms with Crippen LogP contribution in [-0.2, 0) is 4.79 Å². The lowest BCUT2D eigenvalue weighted by molar-refractivity contribution is -0.131.